The van der Waals surface area contributed by atoms with Gasteiger partial charge in [0.15, 0.2) is 5.96 Å². The molecule has 1 aliphatic heterocycles. The van der Waals surface area contributed by atoms with Crippen LogP contribution in [0.5, 0.6) is 5.75 Å². The van der Waals surface area contributed by atoms with Crippen LogP contribution in [0.25, 0.3) is 0 Å². The molecule has 1 saturated heterocycles. The molecule has 0 radical (unpaired) electrons. The molecule has 170 valence electrons. The van der Waals surface area contributed by atoms with Crippen LogP contribution in [0.4, 0.5) is 0 Å². The van der Waals surface area contributed by atoms with Gasteiger partial charge in [-0.3, -0.25) is 9.79 Å². The second-order valence-corrected chi connectivity index (χ2v) is 7.51. The number of hydrogen-bond donors (Lipinski definition) is 3. The van der Waals surface area contributed by atoms with Gasteiger partial charge in [0, 0.05) is 25.6 Å². The molecule has 1 fully saturated rings. The van der Waals surface area contributed by atoms with Crippen molar-refractivity contribution in [1.29, 1.82) is 0 Å². The standard InChI is InChI=1S/C22H37N5O2.HI/c1-3-24-22(26-14-10-18-6-8-20(29-2)9-7-18)25-13-4-5-15-27-16-11-19(12-17-27)21(23)28;/h6-9,19H,3-5,10-17H2,1-2H3,(H2,23,28)(H2,24,25,26);1H. The lowest BCUT2D eigenvalue weighted by atomic mass is 9.96. The minimum absolute atomic E-state index is 0. The molecule has 1 amide bonds. The van der Waals surface area contributed by atoms with E-state index in [0.717, 1.165) is 83.1 Å². The van der Waals surface area contributed by atoms with Crippen molar-refractivity contribution in [3.63, 3.8) is 0 Å². The number of hydrogen-bond acceptors (Lipinski definition) is 4. The number of rotatable bonds is 11. The lowest BCUT2D eigenvalue weighted by molar-refractivity contribution is -0.123. The number of methoxy groups -OCH3 is 1. The number of halogens is 1. The lowest BCUT2D eigenvalue weighted by Gasteiger charge is -2.30. The maximum Gasteiger partial charge on any atom is 0.220 e. The zero-order chi connectivity index (χ0) is 20.9. The second kappa shape index (κ2) is 15.3. The minimum Gasteiger partial charge on any atom is -0.497 e. The molecule has 1 heterocycles. The number of guanidine groups is 1. The molecule has 2 rings (SSSR count). The number of piperidine rings is 1. The molecule has 8 heteroatoms. The van der Waals surface area contributed by atoms with Crippen LogP contribution in [0, 0.1) is 5.92 Å². The number of ether oxygens (including phenoxy) is 1. The molecule has 4 N–H and O–H groups in total. The molecule has 0 spiro atoms. The van der Waals surface area contributed by atoms with Gasteiger partial charge in [0.2, 0.25) is 5.91 Å². The van der Waals surface area contributed by atoms with Crippen molar-refractivity contribution < 1.29 is 9.53 Å². The second-order valence-electron chi connectivity index (χ2n) is 7.51. The highest BCUT2D eigenvalue weighted by Gasteiger charge is 2.22. The summed E-state index contributed by atoms with van der Waals surface area (Å²) in [5.41, 5.74) is 6.67. The van der Waals surface area contributed by atoms with E-state index in [9.17, 15) is 4.79 Å². The normalized spacial score (nSPS) is 15.3. The Hall–Kier alpha value is -1.55. The van der Waals surface area contributed by atoms with Crippen LogP contribution < -0.4 is 21.1 Å². The summed E-state index contributed by atoms with van der Waals surface area (Å²) in [7, 11) is 1.68. The third-order valence-corrected chi connectivity index (χ3v) is 5.35. The quantitative estimate of drug-likeness (QED) is 0.177. The van der Waals surface area contributed by atoms with E-state index in [0.29, 0.717) is 0 Å². The number of benzene rings is 1. The molecule has 1 aromatic rings. The summed E-state index contributed by atoms with van der Waals surface area (Å²) in [4.78, 5) is 18.3. The molecular formula is C22H38IN5O2. The minimum atomic E-state index is -0.144. The van der Waals surface area contributed by atoms with E-state index in [-0.39, 0.29) is 35.8 Å². The summed E-state index contributed by atoms with van der Waals surface area (Å²) in [5, 5.41) is 6.71. The van der Waals surface area contributed by atoms with Gasteiger partial charge in [-0.05, 0) is 76.4 Å². The number of nitrogens with one attached hydrogen (secondary N) is 2. The molecule has 1 aromatic carbocycles. The Bertz CT molecular complexity index is 631. The summed E-state index contributed by atoms with van der Waals surface area (Å²) < 4.78 is 5.19. The Kier molecular flexibility index (Phi) is 13.5. The van der Waals surface area contributed by atoms with E-state index in [2.05, 4.69) is 39.6 Å². The van der Waals surface area contributed by atoms with Gasteiger partial charge in [0.25, 0.3) is 0 Å². The maximum atomic E-state index is 11.2. The number of nitrogens with zero attached hydrogens (tertiary/aromatic N) is 2. The molecule has 0 unspecified atom stereocenters. The van der Waals surface area contributed by atoms with Crippen molar-refractivity contribution in [3.05, 3.63) is 29.8 Å². The molecule has 0 aromatic heterocycles. The van der Waals surface area contributed by atoms with Crippen molar-refractivity contribution >= 4 is 35.8 Å². The Morgan fingerprint density at radius 2 is 1.90 bits per heavy atom. The predicted octanol–water partition coefficient (Wildman–Crippen LogP) is 2.39. The molecule has 0 aliphatic carbocycles. The van der Waals surface area contributed by atoms with Gasteiger partial charge in [-0.15, -0.1) is 24.0 Å². The average Bonchev–Trinajstić information content (AvgIpc) is 2.74. The maximum absolute atomic E-state index is 11.2. The van der Waals surface area contributed by atoms with Crippen LogP contribution in [-0.2, 0) is 11.2 Å². The predicted molar refractivity (Wildman–Crippen MR) is 134 cm³/mol. The highest BCUT2D eigenvalue weighted by Crippen LogP contribution is 2.16. The first kappa shape index (κ1) is 26.5. The van der Waals surface area contributed by atoms with Gasteiger partial charge >= 0.3 is 0 Å². The van der Waals surface area contributed by atoms with Crippen molar-refractivity contribution in [1.82, 2.24) is 15.5 Å². The van der Waals surface area contributed by atoms with E-state index in [4.69, 9.17) is 10.5 Å². The topological polar surface area (TPSA) is 92.0 Å². The number of unbranched alkanes of at least 4 members (excludes halogenated alkanes) is 1. The van der Waals surface area contributed by atoms with Gasteiger partial charge < -0.3 is 26.0 Å². The van der Waals surface area contributed by atoms with E-state index >= 15 is 0 Å². The van der Waals surface area contributed by atoms with Crippen molar-refractivity contribution in [2.24, 2.45) is 16.6 Å². The summed E-state index contributed by atoms with van der Waals surface area (Å²) >= 11 is 0. The van der Waals surface area contributed by atoms with Gasteiger partial charge in [0.05, 0.1) is 7.11 Å². The number of nitrogens with two attached hydrogens (primary N) is 1. The number of aliphatic imine (C=N–C) groups is 1. The molecule has 0 bridgehead atoms. The molecule has 1 aliphatic rings. The highest BCUT2D eigenvalue weighted by molar-refractivity contribution is 14.0. The van der Waals surface area contributed by atoms with Crippen LogP contribution in [-0.4, -0.2) is 63.1 Å². The van der Waals surface area contributed by atoms with E-state index < -0.39 is 0 Å². The van der Waals surface area contributed by atoms with Crippen molar-refractivity contribution in [3.8, 4) is 5.75 Å². The Morgan fingerprint density at radius 1 is 1.20 bits per heavy atom. The van der Waals surface area contributed by atoms with E-state index in [1.165, 1.54) is 5.56 Å². The van der Waals surface area contributed by atoms with E-state index in [1.807, 2.05) is 12.1 Å². The molecule has 7 nitrogen and oxygen atoms in total. The first-order valence-electron chi connectivity index (χ1n) is 10.8. The van der Waals surface area contributed by atoms with Gasteiger partial charge in [0.1, 0.15) is 5.75 Å². The summed E-state index contributed by atoms with van der Waals surface area (Å²) in [6.45, 7) is 7.61. The zero-order valence-electron chi connectivity index (χ0n) is 18.4. The van der Waals surface area contributed by atoms with Crippen LogP contribution in [0.3, 0.4) is 0 Å². The van der Waals surface area contributed by atoms with Crippen LogP contribution in [0.15, 0.2) is 29.3 Å². The highest BCUT2D eigenvalue weighted by atomic mass is 127. The molecular weight excluding hydrogens is 493 g/mol. The van der Waals surface area contributed by atoms with Crippen LogP contribution in [0.2, 0.25) is 0 Å². The first-order chi connectivity index (χ1) is 14.1. The number of likely N-dealkylation sites (tertiary alicyclic amines) is 1. The van der Waals surface area contributed by atoms with Crippen LogP contribution in [0.1, 0.15) is 38.2 Å². The lowest BCUT2D eigenvalue weighted by Crippen LogP contribution is -2.39. The smallest absolute Gasteiger partial charge is 0.220 e. The Balaban J connectivity index is 0.00000450. The third-order valence-electron chi connectivity index (χ3n) is 5.35. The third kappa shape index (κ3) is 9.97. The van der Waals surface area contributed by atoms with Gasteiger partial charge in [-0.2, -0.15) is 0 Å². The molecule has 0 saturated carbocycles. The Morgan fingerprint density at radius 3 is 2.50 bits per heavy atom. The summed E-state index contributed by atoms with van der Waals surface area (Å²) in [6.07, 6.45) is 4.92. The first-order valence-corrected chi connectivity index (χ1v) is 10.8. The monoisotopic (exact) mass is 531 g/mol. The fourth-order valence-electron chi connectivity index (χ4n) is 3.54. The number of carbonyl (C=O) groups is 1. The summed E-state index contributed by atoms with van der Waals surface area (Å²) in [5.74, 6) is 1.69. The largest absolute Gasteiger partial charge is 0.497 e. The fraction of sp³-hybridized carbons (Fsp3) is 0.636. The van der Waals surface area contributed by atoms with Crippen molar-refractivity contribution in [2.45, 2.75) is 39.0 Å². The average molecular weight is 531 g/mol. The Labute approximate surface area is 198 Å². The van der Waals surface area contributed by atoms with Crippen LogP contribution >= 0.6 is 24.0 Å². The van der Waals surface area contributed by atoms with Gasteiger partial charge in [-0.1, -0.05) is 12.1 Å². The molecule has 30 heavy (non-hydrogen) atoms. The van der Waals surface area contributed by atoms with E-state index in [1.54, 1.807) is 7.11 Å². The van der Waals surface area contributed by atoms with Gasteiger partial charge in [-0.25, -0.2) is 0 Å². The number of amides is 1. The summed E-state index contributed by atoms with van der Waals surface area (Å²) in [6, 6.07) is 8.17. The number of carbonyl (C=O) groups excluding carboxylic acids is 1. The zero-order valence-corrected chi connectivity index (χ0v) is 20.7. The molecule has 0 atom stereocenters. The SMILES string of the molecule is CCNC(=NCCCCN1CCC(C(N)=O)CC1)NCCc1ccc(OC)cc1.I. The van der Waals surface area contributed by atoms with Crippen molar-refractivity contribution in [2.75, 3.05) is 46.4 Å². The number of primary amides is 1. The fourth-order valence-corrected chi connectivity index (χ4v) is 3.54.